The Morgan fingerprint density at radius 2 is 1.80 bits per heavy atom. The highest BCUT2D eigenvalue weighted by Crippen LogP contribution is 2.28. The highest BCUT2D eigenvalue weighted by Gasteiger charge is 2.44. The average molecular weight is 282 g/mol. The first-order valence-corrected chi connectivity index (χ1v) is 7.63. The fraction of sp³-hybridized carbons (Fsp3) is 0.867. The predicted octanol–water partition coefficient (Wildman–Crippen LogP) is 1.17. The summed E-state index contributed by atoms with van der Waals surface area (Å²) >= 11 is 0. The summed E-state index contributed by atoms with van der Waals surface area (Å²) in [7, 11) is 0. The van der Waals surface area contributed by atoms with Crippen molar-refractivity contribution in [3.8, 4) is 0 Å². The van der Waals surface area contributed by atoms with Crippen LogP contribution < -0.4 is 5.32 Å². The minimum atomic E-state index is -0.417. The third-order valence-corrected chi connectivity index (χ3v) is 4.57. The van der Waals surface area contributed by atoms with E-state index in [4.69, 9.17) is 4.74 Å². The molecule has 0 aromatic carbocycles. The van der Waals surface area contributed by atoms with Crippen molar-refractivity contribution in [1.29, 1.82) is 0 Å². The van der Waals surface area contributed by atoms with Gasteiger partial charge in [0.2, 0.25) is 11.8 Å². The molecule has 0 radical (unpaired) electrons. The van der Waals surface area contributed by atoms with Gasteiger partial charge in [-0.15, -0.1) is 0 Å². The lowest BCUT2D eigenvalue weighted by molar-refractivity contribution is -0.155. The maximum atomic E-state index is 12.5. The molecule has 0 aliphatic carbocycles. The van der Waals surface area contributed by atoms with Crippen LogP contribution in [0.5, 0.6) is 0 Å². The number of hydrogen-bond acceptors (Lipinski definition) is 3. The summed E-state index contributed by atoms with van der Waals surface area (Å²) in [6, 6.07) is -0.677. The molecule has 2 saturated heterocycles. The van der Waals surface area contributed by atoms with Crippen LogP contribution in [0.4, 0.5) is 0 Å². The standard InChI is InChI=1S/C15H26N2O3/c1-9(2)13-14(18)16-10(3)15(19)17(13)11(4)12-5-7-20-8-6-12/h9-13H,5-8H2,1-4H3,(H,16,18). The van der Waals surface area contributed by atoms with E-state index in [1.807, 2.05) is 18.7 Å². The van der Waals surface area contributed by atoms with Gasteiger partial charge in [0.15, 0.2) is 0 Å². The van der Waals surface area contributed by atoms with Crippen molar-refractivity contribution in [3.05, 3.63) is 0 Å². The Labute approximate surface area is 121 Å². The van der Waals surface area contributed by atoms with Crippen molar-refractivity contribution in [2.24, 2.45) is 11.8 Å². The van der Waals surface area contributed by atoms with Crippen LogP contribution in [-0.4, -0.2) is 48.1 Å². The topological polar surface area (TPSA) is 58.6 Å². The lowest BCUT2D eigenvalue weighted by Gasteiger charge is -2.46. The summed E-state index contributed by atoms with van der Waals surface area (Å²) in [6.45, 7) is 9.35. The Hall–Kier alpha value is -1.10. The van der Waals surface area contributed by atoms with Crippen LogP contribution in [0, 0.1) is 11.8 Å². The van der Waals surface area contributed by atoms with E-state index in [1.54, 1.807) is 6.92 Å². The molecule has 0 spiro atoms. The molecule has 0 aromatic rings. The zero-order valence-corrected chi connectivity index (χ0v) is 12.9. The van der Waals surface area contributed by atoms with Gasteiger partial charge in [-0.1, -0.05) is 13.8 Å². The number of carbonyl (C=O) groups excluding carboxylic acids is 2. The van der Waals surface area contributed by atoms with E-state index in [1.165, 1.54) is 0 Å². The lowest BCUT2D eigenvalue weighted by atomic mass is 9.87. The molecule has 5 heteroatoms. The lowest BCUT2D eigenvalue weighted by Crippen LogP contribution is -2.67. The molecule has 5 nitrogen and oxygen atoms in total. The van der Waals surface area contributed by atoms with Gasteiger partial charge < -0.3 is 15.0 Å². The monoisotopic (exact) mass is 282 g/mol. The van der Waals surface area contributed by atoms with Crippen molar-refractivity contribution in [2.75, 3.05) is 13.2 Å². The van der Waals surface area contributed by atoms with E-state index in [2.05, 4.69) is 12.2 Å². The third-order valence-electron chi connectivity index (χ3n) is 4.57. The molecule has 3 atom stereocenters. The number of piperazine rings is 1. The number of nitrogens with zero attached hydrogens (tertiary/aromatic N) is 1. The van der Waals surface area contributed by atoms with Gasteiger partial charge in [-0.25, -0.2) is 0 Å². The van der Waals surface area contributed by atoms with Crippen LogP contribution >= 0.6 is 0 Å². The molecular weight excluding hydrogens is 256 g/mol. The molecule has 0 bridgehead atoms. The Morgan fingerprint density at radius 3 is 2.35 bits per heavy atom. The van der Waals surface area contributed by atoms with E-state index < -0.39 is 6.04 Å². The van der Waals surface area contributed by atoms with Crippen molar-refractivity contribution in [3.63, 3.8) is 0 Å². The maximum absolute atomic E-state index is 12.5. The third kappa shape index (κ3) is 2.82. The van der Waals surface area contributed by atoms with E-state index in [9.17, 15) is 9.59 Å². The summed E-state index contributed by atoms with van der Waals surface area (Å²) in [4.78, 5) is 26.6. The number of ether oxygens (including phenoxy) is 1. The van der Waals surface area contributed by atoms with Crippen LogP contribution in [-0.2, 0) is 14.3 Å². The van der Waals surface area contributed by atoms with Gasteiger partial charge in [-0.3, -0.25) is 9.59 Å². The maximum Gasteiger partial charge on any atom is 0.245 e. The molecule has 114 valence electrons. The molecule has 3 unspecified atom stereocenters. The molecule has 2 aliphatic rings. The minimum absolute atomic E-state index is 0.0222. The van der Waals surface area contributed by atoms with Gasteiger partial charge in [-0.2, -0.15) is 0 Å². The Balaban J connectivity index is 2.22. The minimum Gasteiger partial charge on any atom is -0.381 e. The summed E-state index contributed by atoms with van der Waals surface area (Å²) in [5, 5.41) is 2.79. The second-order valence-electron chi connectivity index (χ2n) is 6.36. The van der Waals surface area contributed by atoms with Crippen LogP contribution in [0.2, 0.25) is 0 Å². The van der Waals surface area contributed by atoms with Gasteiger partial charge in [0.25, 0.3) is 0 Å². The van der Waals surface area contributed by atoms with E-state index in [-0.39, 0.29) is 29.8 Å². The molecule has 2 heterocycles. The van der Waals surface area contributed by atoms with Crippen LogP contribution in [0.3, 0.4) is 0 Å². The van der Waals surface area contributed by atoms with E-state index in [0.717, 1.165) is 26.1 Å². The zero-order chi connectivity index (χ0) is 14.9. The predicted molar refractivity (Wildman–Crippen MR) is 76.1 cm³/mol. The normalized spacial score (nSPS) is 30.6. The van der Waals surface area contributed by atoms with Gasteiger partial charge in [0, 0.05) is 19.3 Å². The molecular formula is C15H26N2O3. The average Bonchev–Trinajstić information content (AvgIpc) is 2.42. The molecule has 20 heavy (non-hydrogen) atoms. The summed E-state index contributed by atoms with van der Waals surface area (Å²) in [5.41, 5.74) is 0. The molecule has 0 saturated carbocycles. The summed E-state index contributed by atoms with van der Waals surface area (Å²) in [5.74, 6) is 0.564. The Bertz CT molecular complexity index is 377. The van der Waals surface area contributed by atoms with Gasteiger partial charge in [0.05, 0.1) is 0 Å². The first-order valence-electron chi connectivity index (χ1n) is 7.63. The van der Waals surface area contributed by atoms with Gasteiger partial charge in [-0.05, 0) is 38.5 Å². The fourth-order valence-electron chi connectivity index (χ4n) is 3.35. The molecule has 2 aliphatic heterocycles. The smallest absolute Gasteiger partial charge is 0.245 e. The second kappa shape index (κ2) is 6.12. The molecule has 2 rings (SSSR count). The number of carbonyl (C=O) groups is 2. The molecule has 2 fully saturated rings. The van der Waals surface area contributed by atoms with Crippen molar-refractivity contribution < 1.29 is 14.3 Å². The Kier molecular flexibility index (Phi) is 4.68. The van der Waals surface area contributed by atoms with Crippen molar-refractivity contribution in [2.45, 2.75) is 58.7 Å². The summed E-state index contributed by atoms with van der Waals surface area (Å²) in [6.07, 6.45) is 1.93. The van der Waals surface area contributed by atoms with E-state index in [0.29, 0.717) is 5.92 Å². The quantitative estimate of drug-likeness (QED) is 0.845. The van der Waals surface area contributed by atoms with Gasteiger partial charge in [0.1, 0.15) is 12.1 Å². The fourth-order valence-corrected chi connectivity index (χ4v) is 3.35. The number of nitrogens with one attached hydrogen (secondary N) is 1. The highest BCUT2D eigenvalue weighted by atomic mass is 16.5. The second-order valence-corrected chi connectivity index (χ2v) is 6.36. The SMILES string of the molecule is CC1NC(=O)C(C(C)C)N(C(C)C2CCOCC2)C1=O. The van der Waals surface area contributed by atoms with Crippen LogP contribution in [0.25, 0.3) is 0 Å². The molecule has 0 aromatic heterocycles. The number of amides is 2. The van der Waals surface area contributed by atoms with Crippen LogP contribution in [0.1, 0.15) is 40.5 Å². The van der Waals surface area contributed by atoms with Crippen molar-refractivity contribution in [1.82, 2.24) is 10.2 Å². The zero-order valence-electron chi connectivity index (χ0n) is 12.9. The molecule has 2 amide bonds. The largest absolute Gasteiger partial charge is 0.381 e. The van der Waals surface area contributed by atoms with E-state index >= 15 is 0 Å². The number of rotatable bonds is 3. The summed E-state index contributed by atoms with van der Waals surface area (Å²) < 4.78 is 5.40. The van der Waals surface area contributed by atoms with Crippen molar-refractivity contribution >= 4 is 11.8 Å². The first kappa shape index (κ1) is 15.3. The van der Waals surface area contributed by atoms with Gasteiger partial charge >= 0.3 is 0 Å². The molecule has 1 N–H and O–H groups in total. The number of hydrogen-bond donors (Lipinski definition) is 1. The van der Waals surface area contributed by atoms with Crippen LogP contribution in [0.15, 0.2) is 0 Å². The first-order chi connectivity index (χ1) is 9.43. The Morgan fingerprint density at radius 1 is 1.20 bits per heavy atom. The highest BCUT2D eigenvalue weighted by molar-refractivity contribution is 5.97.